The molecule has 0 saturated carbocycles. The van der Waals surface area contributed by atoms with Gasteiger partial charge in [-0.15, -0.1) is 0 Å². The van der Waals surface area contributed by atoms with Crippen LogP contribution in [0.5, 0.6) is 5.75 Å². The largest absolute Gasteiger partial charge is 0.495 e. The van der Waals surface area contributed by atoms with Crippen molar-refractivity contribution in [3.05, 3.63) is 51.9 Å². The molecule has 0 unspecified atom stereocenters. The molecule has 1 aromatic carbocycles. The number of carbonyl (C=O) groups excluding carboxylic acids is 1. The van der Waals surface area contributed by atoms with Gasteiger partial charge in [-0.1, -0.05) is 12.1 Å². The van der Waals surface area contributed by atoms with Crippen molar-refractivity contribution in [2.45, 2.75) is 12.8 Å². The normalized spacial score (nSPS) is 13.1. The molecule has 24 heavy (non-hydrogen) atoms. The van der Waals surface area contributed by atoms with Crippen LogP contribution in [0.15, 0.2) is 35.3 Å². The first-order valence-electron chi connectivity index (χ1n) is 7.52. The fourth-order valence-electron chi connectivity index (χ4n) is 2.97. The fraction of sp³-hybridized carbons (Fsp3) is 0.176. The average Bonchev–Trinajstić information content (AvgIpc) is 2.96. The van der Waals surface area contributed by atoms with Crippen LogP contribution in [0.25, 0.3) is 11.0 Å². The number of ether oxygens (including phenoxy) is 1. The molecule has 3 aromatic rings. The molecule has 0 spiro atoms. The number of nitrogens with one attached hydrogen (secondary N) is 2. The number of Topliss-reactive ketones (excluding diaryl/α,β-unsaturated/α-hetero) is 1. The van der Waals surface area contributed by atoms with Gasteiger partial charge in [0, 0.05) is 18.2 Å². The van der Waals surface area contributed by atoms with E-state index in [0.717, 1.165) is 5.56 Å². The summed E-state index contributed by atoms with van der Waals surface area (Å²) in [6.07, 6.45) is 2.47. The SMILES string of the molecule is COc1ccccc1Nc1nc2ncc3c(c2c(=O)[nH]1)CCC3=O. The van der Waals surface area contributed by atoms with E-state index in [1.807, 2.05) is 18.2 Å². The Morgan fingerprint density at radius 2 is 2.04 bits per heavy atom. The van der Waals surface area contributed by atoms with Gasteiger partial charge in [0.1, 0.15) is 5.75 Å². The highest BCUT2D eigenvalue weighted by Crippen LogP contribution is 2.28. The fourth-order valence-corrected chi connectivity index (χ4v) is 2.97. The minimum Gasteiger partial charge on any atom is -0.495 e. The second kappa shape index (κ2) is 5.45. The number of aromatic nitrogens is 3. The molecule has 0 fully saturated rings. The molecule has 0 saturated heterocycles. The molecule has 0 bridgehead atoms. The maximum Gasteiger partial charge on any atom is 0.262 e. The summed E-state index contributed by atoms with van der Waals surface area (Å²) in [4.78, 5) is 35.6. The maximum atomic E-state index is 12.5. The minimum atomic E-state index is -0.309. The highest BCUT2D eigenvalue weighted by molar-refractivity contribution is 6.04. The summed E-state index contributed by atoms with van der Waals surface area (Å²) in [5.74, 6) is 0.927. The van der Waals surface area contributed by atoms with Gasteiger partial charge in [-0.2, -0.15) is 4.98 Å². The van der Waals surface area contributed by atoms with Crippen molar-refractivity contribution in [3.8, 4) is 5.75 Å². The van der Waals surface area contributed by atoms with Gasteiger partial charge in [-0.05, 0) is 24.1 Å². The number of ketones is 1. The number of methoxy groups -OCH3 is 1. The van der Waals surface area contributed by atoms with E-state index in [-0.39, 0.29) is 17.3 Å². The predicted molar refractivity (Wildman–Crippen MR) is 89.1 cm³/mol. The molecular formula is C17H14N4O3. The zero-order chi connectivity index (χ0) is 16.7. The molecule has 1 aliphatic carbocycles. The van der Waals surface area contributed by atoms with Crippen molar-refractivity contribution >= 4 is 28.5 Å². The van der Waals surface area contributed by atoms with E-state index in [1.54, 1.807) is 13.2 Å². The van der Waals surface area contributed by atoms with Gasteiger partial charge in [0.15, 0.2) is 11.4 Å². The van der Waals surface area contributed by atoms with Gasteiger partial charge in [-0.25, -0.2) is 4.98 Å². The number of aryl methyl sites for hydroxylation is 1. The van der Waals surface area contributed by atoms with Crippen LogP contribution in [0.4, 0.5) is 11.6 Å². The second-order valence-electron chi connectivity index (χ2n) is 5.51. The van der Waals surface area contributed by atoms with E-state index in [9.17, 15) is 9.59 Å². The number of rotatable bonds is 3. The Kier molecular flexibility index (Phi) is 3.26. The summed E-state index contributed by atoms with van der Waals surface area (Å²) in [5.41, 5.74) is 1.96. The third-order valence-corrected chi connectivity index (χ3v) is 4.11. The Bertz CT molecular complexity index is 1030. The molecule has 7 heteroatoms. The lowest BCUT2D eigenvalue weighted by molar-refractivity contribution is 0.0994. The highest BCUT2D eigenvalue weighted by Gasteiger charge is 2.24. The summed E-state index contributed by atoms with van der Waals surface area (Å²) in [7, 11) is 1.57. The Morgan fingerprint density at radius 3 is 2.88 bits per heavy atom. The standard InChI is InChI=1S/C17H14N4O3/c1-24-13-5-3-2-4-11(13)19-17-20-15-14(16(23)21-17)9-6-7-12(22)10(9)8-18-15/h2-5,8H,6-7H2,1H3,(H2,18,19,20,21,23). The van der Waals surface area contributed by atoms with Crippen molar-refractivity contribution in [3.63, 3.8) is 0 Å². The molecule has 0 amide bonds. The Labute approximate surface area is 136 Å². The number of aromatic amines is 1. The summed E-state index contributed by atoms with van der Waals surface area (Å²) < 4.78 is 5.27. The van der Waals surface area contributed by atoms with Gasteiger partial charge < -0.3 is 10.1 Å². The molecule has 7 nitrogen and oxygen atoms in total. The number of nitrogens with zero attached hydrogens (tertiary/aromatic N) is 2. The third-order valence-electron chi connectivity index (χ3n) is 4.11. The van der Waals surface area contributed by atoms with Gasteiger partial charge >= 0.3 is 0 Å². The lowest BCUT2D eigenvalue weighted by atomic mass is 10.1. The van der Waals surface area contributed by atoms with Gasteiger partial charge in [0.2, 0.25) is 5.95 Å². The Hall–Kier alpha value is -3.22. The number of hydrogen-bond acceptors (Lipinski definition) is 6. The van der Waals surface area contributed by atoms with E-state index in [2.05, 4.69) is 20.3 Å². The average molecular weight is 322 g/mol. The zero-order valence-electron chi connectivity index (χ0n) is 12.9. The second-order valence-corrected chi connectivity index (χ2v) is 5.51. The molecular weight excluding hydrogens is 308 g/mol. The third kappa shape index (κ3) is 2.21. The molecule has 120 valence electrons. The first-order valence-corrected chi connectivity index (χ1v) is 7.52. The van der Waals surface area contributed by atoms with Crippen LogP contribution >= 0.6 is 0 Å². The topological polar surface area (TPSA) is 97.0 Å². The molecule has 4 rings (SSSR count). The number of hydrogen-bond donors (Lipinski definition) is 2. The number of H-pyrrole nitrogens is 1. The Balaban J connectivity index is 1.82. The predicted octanol–water partition coefficient (Wildman–Crippen LogP) is 2.20. The monoisotopic (exact) mass is 322 g/mol. The Morgan fingerprint density at radius 1 is 1.21 bits per heavy atom. The van der Waals surface area contributed by atoms with Crippen LogP contribution in [-0.4, -0.2) is 27.8 Å². The van der Waals surface area contributed by atoms with Crippen LogP contribution < -0.4 is 15.6 Å². The number of pyridine rings is 1. The molecule has 1 aliphatic rings. The molecule has 0 aliphatic heterocycles. The van der Waals surface area contributed by atoms with E-state index < -0.39 is 0 Å². The first-order chi connectivity index (χ1) is 11.7. The van der Waals surface area contributed by atoms with Gasteiger partial charge in [0.25, 0.3) is 5.56 Å². The van der Waals surface area contributed by atoms with Crippen molar-refractivity contribution < 1.29 is 9.53 Å². The maximum absolute atomic E-state index is 12.5. The molecule has 2 heterocycles. The minimum absolute atomic E-state index is 0.0232. The number of benzene rings is 1. The van der Waals surface area contributed by atoms with Crippen LogP contribution in [0, 0.1) is 0 Å². The molecule has 0 atom stereocenters. The van der Waals surface area contributed by atoms with Crippen LogP contribution in [0.1, 0.15) is 22.3 Å². The van der Waals surface area contributed by atoms with Crippen molar-refractivity contribution in [2.75, 3.05) is 12.4 Å². The van der Waals surface area contributed by atoms with E-state index in [1.165, 1.54) is 6.20 Å². The van der Waals surface area contributed by atoms with Crippen LogP contribution in [0.2, 0.25) is 0 Å². The smallest absolute Gasteiger partial charge is 0.262 e. The van der Waals surface area contributed by atoms with Crippen LogP contribution in [-0.2, 0) is 6.42 Å². The molecule has 2 N–H and O–H groups in total. The first kappa shape index (κ1) is 14.4. The van der Waals surface area contributed by atoms with Crippen molar-refractivity contribution in [2.24, 2.45) is 0 Å². The summed E-state index contributed by atoms with van der Waals surface area (Å²) in [5, 5.41) is 3.43. The summed E-state index contributed by atoms with van der Waals surface area (Å²) in [6, 6.07) is 7.32. The van der Waals surface area contributed by atoms with Crippen molar-refractivity contribution in [1.29, 1.82) is 0 Å². The van der Waals surface area contributed by atoms with E-state index in [4.69, 9.17) is 4.74 Å². The van der Waals surface area contributed by atoms with Crippen molar-refractivity contribution in [1.82, 2.24) is 15.0 Å². The van der Waals surface area contributed by atoms with E-state index >= 15 is 0 Å². The number of anilines is 2. The molecule has 2 aromatic heterocycles. The summed E-state index contributed by atoms with van der Waals surface area (Å²) >= 11 is 0. The number of para-hydroxylation sites is 2. The lowest BCUT2D eigenvalue weighted by Crippen LogP contribution is -2.14. The van der Waals surface area contributed by atoms with Crippen LogP contribution in [0.3, 0.4) is 0 Å². The highest BCUT2D eigenvalue weighted by atomic mass is 16.5. The zero-order valence-corrected chi connectivity index (χ0v) is 12.9. The quantitative estimate of drug-likeness (QED) is 0.767. The molecule has 0 radical (unpaired) electrons. The van der Waals surface area contributed by atoms with Gasteiger partial charge in [0.05, 0.1) is 18.2 Å². The number of fused-ring (bicyclic) bond motifs is 3. The summed E-state index contributed by atoms with van der Waals surface area (Å²) in [6.45, 7) is 0. The number of carbonyl (C=O) groups is 1. The van der Waals surface area contributed by atoms with E-state index in [0.29, 0.717) is 40.9 Å². The lowest BCUT2D eigenvalue weighted by Gasteiger charge is -2.10. The van der Waals surface area contributed by atoms with Gasteiger partial charge in [-0.3, -0.25) is 14.6 Å².